The molecule has 3 nitrogen and oxygen atoms in total. The van der Waals surface area contributed by atoms with Crippen molar-refractivity contribution in [1.82, 2.24) is 0 Å². The van der Waals surface area contributed by atoms with Crippen molar-refractivity contribution in [3.8, 4) is 0 Å². The Morgan fingerprint density at radius 1 is 0.512 bits per heavy atom. The summed E-state index contributed by atoms with van der Waals surface area (Å²) in [4.78, 5) is 0. The van der Waals surface area contributed by atoms with Crippen LogP contribution in [0.25, 0.3) is 0 Å². The fourth-order valence-electron chi connectivity index (χ4n) is 6.76. The zero-order chi connectivity index (χ0) is 30.7. The molecule has 43 heavy (non-hydrogen) atoms. The van der Waals surface area contributed by atoms with E-state index < -0.39 is 16.6 Å². The molecule has 1 aliphatic heterocycles. The highest BCUT2D eigenvalue weighted by Crippen LogP contribution is 2.42. The van der Waals surface area contributed by atoms with Crippen molar-refractivity contribution in [2.75, 3.05) is 0 Å². The Bertz CT molecular complexity index is 1400. The molecule has 0 amide bonds. The summed E-state index contributed by atoms with van der Waals surface area (Å²) in [5, 5.41) is 4.68. The number of hydrogen-bond donors (Lipinski definition) is 0. The van der Waals surface area contributed by atoms with Gasteiger partial charge in [-0.3, -0.25) is 0 Å². The fourth-order valence-corrected chi connectivity index (χ4v) is 16.1. The monoisotopic (exact) mass is 606 g/mol. The van der Waals surface area contributed by atoms with Gasteiger partial charge in [0.2, 0.25) is 0 Å². The second-order valence-corrected chi connectivity index (χ2v) is 22.2. The van der Waals surface area contributed by atoms with Crippen molar-refractivity contribution >= 4 is 37.4 Å². The molecule has 0 aliphatic carbocycles. The standard InChI is InChI=1S/C38H46O3Si2/c1-30-36(41-43(38(5,6)7,33-24-16-10-17-25-33)34-26-18-11-19-27-34)35(28-29-39-30)40-42(37(2,3)4,31-20-12-8-13-21-31)32-22-14-9-15-23-32/h8-30,35-36H,1-7H3/t30-,35+,36+/m0/s1. The van der Waals surface area contributed by atoms with Gasteiger partial charge in [0.15, 0.2) is 0 Å². The quantitative estimate of drug-likeness (QED) is 0.206. The van der Waals surface area contributed by atoms with E-state index in [9.17, 15) is 0 Å². The van der Waals surface area contributed by atoms with Crippen LogP contribution in [0.15, 0.2) is 134 Å². The smallest absolute Gasteiger partial charge is 0.262 e. The molecule has 0 aromatic heterocycles. The van der Waals surface area contributed by atoms with Gasteiger partial charge in [0, 0.05) is 0 Å². The van der Waals surface area contributed by atoms with Crippen molar-refractivity contribution in [3.05, 3.63) is 134 Å². The van der Waals surface area contributed by atoms with Crippen LogP contribution in [0.4, 0.5) is 0 Å². The van der Waals surface area contributed by atoms with Gasteiger partial charge in [-0.2, -0.15) is 0 Å². The zero-order valence-corrected chi connectivity index (χ0v) is 28.7. The molecule has 5 rings (SSSR count). The van der Waals surface area contributed by atoms with Crippen LogP contribution in [0.3, 0.4) is 0 Å². The minimum absolute atomic E-state index is 0.160. The molecule has 4 aromatic rings. The van der Waals surface area contributed by atoms with Crippen molar-refractivity contribution in [1.29, 1.82) is 0 Å². The minimum atomic E-state index is -2.88. The molecule has 0 spiro atoms. The summed E-state index contributed by atoms with van der Waals surface area (Å²) < 4.78 is 21.6. The van der Waals surface area contributed by atoms with Crippen molar-refractivity contribution in [3.63, 3.8) is 0 Å². The lowest BCUT2D eigenvalue weighted by atomic mass is 10.1. The highest BCUT2D eigenvalue weighted by atomic mass is 28.4. The van der Waals surface area contributed by atoms with E-state index in [1.54, 1.807) is 0 Å². The Morgan fingerprint density at radius 2 is 0.837 bits per heavy atom. The first-order valence-electron chi connectivity index (χ1n) is 15.4. The van der Waals surface area contributed by atoms with E-state index in [-0.39, 0.29) is 28.4 Å². The third kappa shape index (κ3) is 5.84. The minimum Gasteiger partial charge on any atom is -0.496 e. The molecule has 0 saturated heterocycles. The lowest BCUT2D eigenvalue weighted by Gasteiger charge is -2.50. The highest BCUT2D eigenvalue weighted by molar-refractivity contribution is 7.00. The van der Waals surface area contributed by atoms with E-state index in [1.807, 2.05) is 6.26 Å². The van der Waals surface area contributed by atoms with E-state index in [0.717, 1.165) is 0 Å². The molecular weight excluding hydrogens is 561 g/mol. The van der Waals surface area contributed by atoms with Gasteiger partial charge in [-0.25, -0.2) is 0 Å². The zero-order valence-electron chi connectivity index (χ0n) is 26.7. The molecule has 0 radical (unpaired) electrons. The third-order valence-corrected chi connectivity index (χ3v) is 18.9. The maximum absolute atomic E-state index is 7.73. The molecule has 0 fully saturated rings. The molecule has 224 valence electrons. The Balaban J connectivity index is 1.69. The van der Waals surface area contributed by atoms with Gasteiger partial charge in [-0.15, -0.1) is 0 Å². The summed E-state index contributed by atoms with van der Waals surface area (Å²) in [6.45, 7) is 16.1. The van der Waals surface area contributed by atoms with E-state index in [4.69, 9.17) is 13.6 Å². The number of ether oxygens (including phenoxy) is 1. The molecule has 3 atom stereocenters. The van der Waals surface area contributed by atoms with Crippen LogP contribution >= 0.6 is 0 Å². The molecule has 0 N–H and O–H groups in total. The first-order chi connectivity index (χ1) is 20.5. The van der Waals surface area contributed by atoms with E-state index in [0.29, 0.717) is 0 Å². The average Bonchev–Trinajstić information content (AvgIpc) is 3.00. The van der Waals surface area contributed by atoms with Crippen LogP contribution in [-0.2, 0) is 13.6 Å². The summed E-state index contributed by atoms with van der Waals surface area (Å²) in [6.07, 6.45) is 3.07. The predicted octanol–water partition coefficient (Wildman–Crippen LogP) is 6.81. The second kappa shape index (κ2) is 12.4. The summed E-state index contributed by atoms with van der Waals surface area (Å²) in [5.41, 5.74) is 0. The van der Waals surface area contributed by atoms with Gasteiger partial charge < -0.3 is 13.6 Å². The van der Waals surface area contributed by atoms with Crippen molar-refractivity contribution in [2.45, 2.75) is 76.9 Å². The van der Waals surface area contributed by atoms with Crippen LogP contribution in [0.1, 0.15) is 48.5 Å². The van der Waals surface area contributed by atoms with Gasteiger partial charge in [-0.1, -0.05) is 163 Å². The second-order valence-electron chi connectivity index (χ2n) is 13.7. The Hall–Kier alpha value is -3.23. The van der Waals surface area contributed by atoms with Crippen LogP contribution in [-0.4, -0.2) is 34.9 Å². The summed E-state index contributed by atoms with van der Waals surface area (Å²) in [5.74, 6) is 0. The molecule has 0 unspecified atom stereocenters. The predicted molar refractivity (Wildman–Crippen MR) is 185 cm³/mol. The van der Waals surface area contributed by atoms with E-state index in [2.05, 4.69) is 176 Å². The first-order valence-corrected chi connectivity index (χ1v) is 19.2. The molecule has 1 aliphatic rings. The van der Waals surface area contributed by atoms with Crippen molar-refractivity contribution < 1.29 is 13.6 Å². The summed E-state index contributed by atoms with van der Waals surface area (Å²) in [7, 11) is -5.74. The number of hydrogen-bond acceptors (Lipinski definition) is 3. The largest absolute Gasteiger partial charge is 0.496 e. The molecule has 0 saturated carbocycles. The van der Waals surface area contributed by atoms with Crippen molar-refractivity contribution in [2.24, 2.45) is 0 Å². The fraction of sp³-hybridized carbons (Fsp3) is 0.316. The van der Waals surface area contributed by atoms with E-state index >= 15 is 0 Å². The Morgan fingerprint density at radius 3 is 1.16 bits per heavy atom. The molecule has 1 heterocycles. The first kappa shape index (κ1) is 31.2. The SMILES string of the molecule is C[C@@H]1OC=C[C@@H](O[Si](c2ccccc2)(c2ccccc2)C(C)(C)C)[C@@H]1O[Si](c1ccccc1)(c1ccccc1)C(C)(C)C. The Kier molecular flexibility index (Phi) is 9.00. The molecule has 4 aromatic carbocycles. The van der Waals surface area contributed by atoms with Gasteiger partial charge in [0.05, 0.1) is 12.4 Å². The topological polar surface area (TPSA) is 27.7 Å². The molecule has 5 heteroatoms. The lowest BCUT2D eigenvalue weighted by Crippen LogP contribution is -2.72. The van der Waals surface area contributed by atoms with E-state index in [1.165, 1.54) is 20.7 Å². The van der Waals surface area contributed by atoms with Crippen LogP contribution in [0.5, 0.6) is 0 Å². The Labute approximate surface area is 260 Å². The number of benzene rings is 4. The molecule has 0 bridgehead atoms. The average molecular weight is 607 g/mol. The third-order valence-electron chi connectivity index (χ3n) is 8.81. The summed E-state index contributed by atoms with van der Waals surface area (Å²) in [6, 6.07) is 43.3. The van der Waals surface area contributed by atoms with Crippen LogP contribution in [0, 0.1) is 0 Å². The van der Waals surface area contributed by atoms with Gasteiger partial charge in [0.1, 0.15) is 12.2 Å². The molecular formula is C38H46O3Si2. The van der Waals surface area contributed by atoms with Crippen LogP contribution < -0.4 is 20.7 Å². The maximum atomic E-state index is 7.73. The summed E-state index contributed by atoms with van der Waals surface area (Å²) >= 11 is 0. The van der Waals surface area contributed by atoms with Gasteiger partial charge in [0.25, 0.3) is 16.6 Å². The van der Waals surface area contributed by atoms with Gasteiger partial charge in [-0.05, 0) is 43.8 Å². The highest BCUT2D eigenvalue weighted by Gasteiger charge is 2.56. The normalized spacial score (nSPS) is 19.6. The maximum Gasteiger partial charge on any atom is 0.262 e. The van der Waals surface area contributed by atoms with Crippen LogP contribution in [0.2, 0.25) is 10.1 Å². The number of rotatable bonds is 8. The lowest BCUT2D eigenvalue weighted by molar-refractivity contribution is -0.0393. The van der Waals surface area contributed by atoms with Gasteiger partial charge >= 0.3 is 0 Å².